The normalized spacial score (nSPS) is 12.3. The van der Waals surface area contributed by atoms with Crippen LogP contribution in [0.5, 0.6) is 0 Å². The number of carbonyl (C=O) groups excluding carboxylic acids is 1. The van der Waals surface area contributed by atoms with Crippen molar-refractivity contribution in [3.05, 3.63) is 72.2 Å². The second kappa shape index (κ2) is 10.4. The standard InChI is InChI=1S/C27H31N3O2/c1-3-7-24(19-26(31)32-4-2)30-17-15-22-18-20(11-14-25(22)30)8-5-10-23-13-12-21-9-6-16-28-27(21)29-23/h6,9,11-18,24H,3-5,7-8,10,19H2,1-2H3. The third kappa shape index (κ3) is 5.16. The number of hydrogen-bond acceptors (Lipinski definition) is 4. The lowest BCUT2D eigenvalue weighted by molar-refractivity contribution is -0.144. The van der Waals surface area contributed by atoms with E-state index >= 15 is 0 Å². The van der Waals surface area contributed by atoms with E-state index in [2.05, 4.69) is 64.1 Å². The molecule has 0 N–H and O–H groups in total. The Morgan fingerprint density at radius 3 is 2.81 bits per heavy atom. The van der Waals surface area contributed by atoms with Gasteiger partial charge in [-0.25, -0.2) is 9.97 Å². The van der Waals surface area contributed by atoms with Crippen molar-refractivity contribution in [1.29, 1.82) is 0 Å². The summed E-state index contributed by atoms with van der Waals surface area (Å²) in [6.07, 6.45) is 9.28. The first kappa shape index (κ1) is 22.0. The molecule has 1 unspecified atom stereocenters. The monoisotopic (exact) mass is 429 g/mol. The Bertz CT molecular complexity index is 1200. The second-order valence-electron chi connectivity index (χ2n) is 8.27. The van der Waals surface area contributed by atoms with E-state index in [0.717, 1.165) is 48.8 Å². The van der Waals surface area contributed by atoms with Crippen molar-refractivity contribution >= 4 is 27.9 Å². The van der Waals surface area contributed by atoms with Gasteiger partial charge in [0.05, 0.1) is 13.0 Å². The summed E-state index contributed by atoms with van der Waals surface area (Å²) in [6.45, 7) is 4.44. The molecule has 3 heterocycles. The molecule has 3 aromatic heterocycles. The molecule has 5 heteroatoms. The number of pyridine rings is 2. The molecule has 1 aromatic carbocycles. The molecule has 4 aromatic rings. The van der Waals surface area contributed by atoms with Gasteiger partial charge in [-0.2, -0.15) is 0 Å². The third-order valence-corrected chi connectivity index (χ3v) is 5.93. The zero-order valence-electron chi connectivity index (χ0n) is 19.0. The average molecular weight is 430 g/mol. The molecule has 0 aliphatic carbocycles. The molecule has 0 aliphatic heterocycles. The maximum Gasteiger partial charge on any atom is 0.307 e. The van der Waals surface area contributed by atoms with Crippen LogP contribution in [-0.2, 0) is 22.4 Å². The molecule has 0 saturated heterocycles. The van der Waals surface area contributed by atoms with Crippen molar-refractivity contribution in [2.24, 2.45) is 0 Å². The van der Waals surface area contributed by atoms with Gasteiger partial charge in [0.1, 0.15) is 0 Å². The van der Waals surface area contributed by atoms with Crippen LogP contribution in [0.25, 0.3) is 21.9 Å². The first-order valence-corrected chi connectivity index (χ1v) is 11.6. The van der Waals surface area contributed by atoms with Gasteiger partial charge in [-0.3, -0.25) is 4.79 Å². The van der Waals surface area contributed by atoms with Crippen molar-refractivity contribution in [2.75, 3.05) is 6.61 Å². The number of rotatable bonds is 10. The minimum atomic E-state index is -0.123. The fourth-order valence-electron chi connectivity index (χ4n) is 4.38. The van der Waals surface area contributed by atoms with E-state index in [-0.39, 0.29) is 12.0 Å². The van der Waals surface area contributed by atoms with E-state index in [1.54, 1.807) is 6.20 Å². The molecular weight excluding hydrogens is 398 g/mol. The van der Waals surface area contributed by atoms with Crippen LogP contribution >= 0.6 is 0 Å². The Balaban J connectivity index is 1.42. The molecule has 5 nitrogen and oxygen atoms in total. The first-order chi connectivity index (χ1) is 15.7. The summed E-state index contributed by atoms with van der Waals surface area (Å²) in [7, 11) is 0. The number of hydrogen-bond donors (Lipinski definition) is 0. The highest BCUT2D eigenvalue weighted by atomic mass is 16.5. The van der Waals surface area contributed by atoms with Gasteiger partial charge in [0.15, 0.2) is 5.65 Å². The van der Waals surface area contributed by atoms with Crippen molar-refractivity contribution < 1.29 is 9.53 Å². The van der Waals surface area contributed by atoms with Crippen molar-refractivity contribution in [2.45, 2.75) is 58.4 Å². The second-order valence-corrected chi connectivity index (χ2v) is 8.27. The Morgan fingerprint density at radius 1 is 1.06 bits per heavy atom. The van der Waals surface area contributed by atoms with Gasteiger partial charge in [-0.05, 0) is 86.0 Å². The molecule has 0 radical (unpaired) electrons. The molecule has 0 fully saturated rings. The van der Waals surface area contributed by atoms with Crippen LogP contribution in [0.1, 0.15) is 56.8 Å². The molecular formula is C27H31N3O2. The number of fused-ring (bicyclic) bond motifs is 2. The van der Waals surface area contributed by atoms with Gasteiger partial charge < -0.3 is 9.30 Å². The topological polar surface area (TPSA) is 57.0 Å². The Kier molecular flexibility index (Phi) is 7.15. The Morgan fingerprint density at radius 2 is 1.97 bits per heavy atom. The SMILES string of the molecule is CCCC(CC(=O)OCC)n1ccc2cc(CCCc3ccc4cccnc4n3)ccc21. The van der Waals surface area contributed by atoms with Crippen LogP contribution in [0, 0.1) is 0 Å². The van der Waals surface area contributed by atoms with Crippen molar-refractivity contribution in [3.8, 4) is 0 Å². The Labute approximate surface area is 189 Å². The fraction of sp³-hybridized carbons (Fsp3) is 0.370. The summed E-state index contributed by atoms with van der Waals surface area (Å²) in [6, 6.07) is 17.1. The van der Waals surface area contributed by atoms with Gasteiger partial charge in [-0.15, -0.1) is 0 Å². The molecule has 0 bridgehead atoms. The van der Waals surface area contributed by atoms with Gasteiger partial charge in [0.2, 0.25) is 0 Å². The van der Waals surface area contributed by atoms with Gasteiger partial charge >= 0.3 is 5.97 Å². The molecule has 166 valence electrons. The molecule has 0 saturated carbocycles. The maximum atomic E-state index is 12.1. The summed E-state index contributed by atoms with van der Waals surface area (Å²) in [4.78, 5) is 21.1. The quantitative estimate of drug-likeness (QED) is 0.288. The van der Waals surface area contributed by atoms with Gasteiger partial charge in [0, 0.05) is 35.0 Å². The average Bonchev–Trinajstić information content (AvgIpc) is 3.22. The fourth-order valence-corrected chi connectivity index (χ4v) is 4.38. The molecule has 0 amide bonds. The minimum absolute atomic E-state index is 0.123. The summed E-state index contributed by atoms with van der Waals surface area (Å²) < 4.78 is 7.43. The minimum Gasteiger partial charge on any atom is -0.466 e. The number of aromatic nitrogens is 3. The lowest BCUT2D eigenvalue weighted by Gasteiger charge is -2.19. The number of benzene rings is 1. The largest absolute Gasteiger partial charge is 0.466 e. The predicted octanol–water partition coefficient (Wildman–Crippen LogP) is 6.05. The lowest BCUT2D eigenvalue weighted by Crippen LogP contribution is -2.15. The lowest BCUT2D eigenvalue weighted by atomic mass is 10.0. The van der Waals surface area contributed by atoms with E-state index < -0.39 is 0 Å². The summed E-state index contributed by atoms with van der Waals surface area (Å²) in [5.74, 6) is -0.123. The number of esters is 1. The number of aryl methyl sites for hydroxylation is 2. The van der Waals surface area contributed by atoms with Crippen LogP contribution in [-0.4, -0.2) is 27.1 Å². The molecule has 32 heavy (non-hydrogen) atoms. The van der Waals surface area contributed by atoms with E-state index in [1.165, 1.54) is 16.5 Å². The third-order valence-electron chi connectivity index (χ3n) is 5.93. The van der Waals surface area contributed by atoms with Gasteiger partial charge in [-0.1, -0.05) is 19.4 Å². The highest BCUT2D eigenvalue weighted by Crippen LogP contribution is 2.27. The van der Waals surface area contributed by atoms with Crippen LogP contribution in [0.3, 0.4) is 0 Å². The zero-order valence-corrected chi connectivity index (χ0v) is 19.0. The highest BCUT2D eigenvalue weighted by molar-refractivity contribution is 5.81. The van der Waals surface area contributed by atoms with Gasteiger partial charge in [0.25, 0.3) is 0 Å². The van der Waals surface area contributed by atoms with Crippen LogP contribution in [0.2, 0.25) is 0 Å². The number of ether oxygens (including phenoxy) is 1. The Hall–Kier alpha value is -3.21. The van der Waals surface area contributed by atoms with Crippen LogP contribution in [0.15, 0.2) is 60.9 Å². The van der Waals surface area contributed by atoms with E-state index in [1.807, 2.05) is 19.1 Å². The predicted molar refractivity (Wildman–Crippen MR) is 129 cm³/mol. The summed E-state index contributed by atoms with van der Waals surface area (Å²) in [5.41, 5.74) is 4.41. The van der Waals surface area contributed by atoms with Crippen molar-refractivity contribution in [3.63, 3.8) is 0 Å². The molecule has 1 atom stereocenters. The highest BCUT2D eigenvalue weighted by Gasteiger charge is 2.17. The summed E-state index contributed by atoms with van der Waals surface area (Å²) in [5, 5.41) is 2.30. The first-order valence-electron chi connectivity index (χ1n) is 11.6. The maximum absolute atomic E-state index is 12.1. The number of carbonyl (C=O) groups is 1. The summed E-state index contributed by atoms with van der Waals surface area (Å²) >= 11 is 0. The van der Waals surface area contributed by atoms with Crippen LogP contribution in [0.4, 0.5) is 0 Å². The zero-order chi connectivity index (χ0) is 22.3. The molecule has 0 spiro atoms. The number of nitrogens with zero attached hydrogens (tertiary/aromatic N) is 3. The van der Waals surface area contributed by atoms with Crippen LogP contribution < -0.4 is 0 Å². The van der Waals surface area contributed by atoms with E-state index in [9.17, 15) is 4.79 Å². The smallest absolute Gasteiger partial charge is 0.307 e. The van der Waals surface area contributed by atoms with E-state index in [4.69, 9.17) is 4.74 Å². The van der Waals surface area contributed by atoms with Crippen molar-refractivity contribution in [1.82, 2.24) is 14.5 Å². The molecule has 0 aliphatic rings. The molecule has 4 rings (SSSR count). The van der Waals surface area contributed by atoms with E-state index in [0.29, 0.717) is 13.0 Å².